The summed E-state index contributed by atoms with van der Waals surface area (Å²) in [6.07, 6.45) is -3.70. The standard InChI is InChI=1S/C10H8ClF3N4O2S/c11-6-2-1-5(10(12,13)14)3-7(6)18-21(19,20)8-4-16-17-9(8)15/h1-4,18H,(H3,15,16,17). The minimum atomic E-state index is -4.63. The number of sulfonamides is 1. The van der Waals surface area contributed by atoms with Crippen LogP contribution in [-0.2, 0) is 16.2 Å². The van der Waals surface area contributed by atoms with E-state index in [4.69, 9.17) is 17.3 Å². The third-order valence-corrected chi connectivity index (χ3v) is 4.18. The lowest BCUT2D eigenvalue weighted by Crippen LogP contribution is -2.15. The predicted octanol–water partition coefficient (Wildman–Crippen LogP) is 2.46. The summed E-state index contributed by atoms with van der Waals surface area (Å²) < 4.78 is 63.8. The first kappa shape index (κ1) is 15.4. The number of nitrogen functional groups attached to an aromatic ring is 1. The van der Waals surface area contributed by atoms with Gasteiger partial charge in [-0.25, -0.2) is 8.42 Å². The van der Waals surface area contributed by atoms with Crippen molar-refractivity contribution in [3.8, 4) is 0 Å². The summed E-state index contributed by atoms with van der Waals surface area (Å²) in [4.78, 5) is -0.393. The topological polar surface area (TPSA) is 101 Å². The first-order valence-corrected chi connectivity index (χ1v) is 7.16. The molecule has 0 radical (unpaired) electrons. The summed E-state index contributed by atoms with van der Waals surface area (Å²) >= 11 is 5.70. The maximum absolute atomic E-state index is 12.6. The summed E-state index contributed by atoms with van der Waals surface area (Å²) in [5, 5.41) is 5.45. The van der Waals surface area contributed by atoms with Crippen molar-refractivity contribution in [3.63, 3.8) is 0 Å². The van der Waals surface area contributed by atoms with E-state index in [1.54, 1.807) is 0 Å². The summed E-state index contributed by atoms with van der Waals surface area (Å²) in [5.74, 6) is -0.245. The fourth-order valence-corrected chi connectivity index (χ4v) is 2.79. The summed E-state index contributed by atoms with van der Waals surface area (Å²) in [7, 11) is -4.21. The molecule has 0 bridgehead atoms. The number of benzene rings is 1. The van der Waals surface area contributed by atoms with Crippen LogP contribution in [0.25, 0.3) is 0 Å². The second-order valence-electron chi connectivity index (χ2n) is 3.95. The second kappa shape index (κ2) is 5.11. The number of alkyl halides is 3. The Bertz CT molecular complexity index is 773. The second-order valence-corrected chi connectivity index (χ2v) is 6.00. The minimum Gasteiger partial charge on any atom is -0.383 e. The van der Waals surface area contributed by atoms with Crippen molar-refractivity contribution >= 4 is 33.1 Å². The molecule has 0 saturated heterocycles. The number of rotatable bonds is 3. The number of aromatic nitrogens is 2. The van der Waals surface area contributed by atoms with Crippen LogP contribution in [0.2, 0.25) is 5.02 Å². The fourth-order valence-electron chi connectivity index (χ4n) is 1.48. The molecule has 1 aromatic heterocycles. The number of aromatic amines is 1. The van der Waals surface area contributed by atoms with Crippen molar-refractivity contribution in [3.05, 3.63) is 35.0 Å². The molecule has 6 nitrogen and oxygen atoms in total. The zero-order chi connectivity index (χ0) is 15.8. The van der Waals surface area contributed by atoms with Crippen LogP contribution in [0.3, 0.4) is 0 Å². The van der Waals surface area contributed by atoms with Gasteiger partial charge in [-0.05, 0) is 18.2 Å². The maximum Gasteiger partial charge on any atom is 0.416 e. The molecule has 2 aromatic rings. The zero-order valence-electron chi connectivity index (χ0n) is 10.1. The Kier molecular flexibility index (Phi) is 3.76. The average Bonchev–Trinajstić information content (AvgIpc) is 2.77. The average molecular weight is 341 g/mol. The van der Waals surface area contributed by atoms with Gasteiger partial charge in [-0.1, -0.05) is 11.6 Å². The highest BCUT2D eigenvalue weighted by Crippen LogP contribution is 2.34. The summed E-state index contributed by atoms with van der Waals surface area (Å²) in [6, 6.07) is 2.28. The van der Waals surface area contributed by atoms with Crippen LogP contribution in [0.15, 0.2) is 29.3 Å². The summed E-state index contributed by atoms with van der Waals surface area (Å²) in [6.45, 7) is 0. The van der Waals surface area contributed by atoms with E-state index >= 15 is 0 Å². The number of H-pyrrole nitrogens is 1. The molecule has 114 valence electrons. The quantitative estimate of drug-likeness (QED) is 0.798. The molecule has 2 rings (SSSR count). The van der Waals surface area contributed by atoms with Crippen molar-refractivity contribution in [2.24, 2.45) is 0 Å². The monoisotopic (exact) mass is 340 g/mol. The molecule has 0 fully saturated rings. The molecule has 0 spiro atoms. The zero-order valence-corrected chi connectivity index (χ0v) is 11.6. The van der Waals surface area contributed by atoms with Gasteiger partial charge in [0.25, 0.3) is 10.0 Å². The van der Waals surface area contributed by atoms with Gasteiger partial charge in [-0.3, -0.25) is 9.82 Å². The molecule has 0 aliphatic carbocycles. The van der Waals surface area contributed by atoms with Crippen LogP contribution < -0.4 is 10.5 Å². The van der Waals surface area contributed by atoms with Gasteiger partial charge in [0.15, 0.2) is 0 Å². The van der Waals surface area contributed by atoms with Crippen LogP contribution in [0.4, 0.5) is 24.7 Å². The first-order valence-electron chi connectivity index (χ1n) is 5.29. The number of hydrogen-bond donors (Lipinski definition) is 3. The lowest BCUT2D eigenvalue weighted by atomic mass is 10.2. The van der Waals surface area contributed by atoms with Gasteiger partial charge in [0.1, 0.15) is 10.7 Å². The van der Waals surface area contributed by atoms with Crippen molar-refractivity contribution < 1.29 is 21.6 Å². The maximum atomic E-state index is 12.6. The van der Waals surface area contributed by atoms with E-state index < -0.39 is 32.3 Å². The molecular weight excluding hydrogens is 333 g/mol. The number of nitrogens with one attached hydrogen (secondary N) is 2. The van der Waals surface area contributed by atoms with Crippen LogP contribution in [0, 0.1) is 0 Å². The number of nitrogens with zero attached hydrogens (tertiary/aromatic N) is 1. The molecule has 0 saturated carbocycles. The van der Waals surface area contributed by atoms with Crippen molar-refractivity contribution in [2.75, 3.05) is 10.5 Å². The fraction of sp³-hybridized carbons (Fsp3) is 0.100. The van der Waals surface area contributed by atoms with Gasteiger partial charge < -0.3 is 5.73 Å². The van der Waals surface area contributed by atoms with Gasteiger partial charge in [0.2, 0.25) is 0 Å². The third kappa shape index (κ3) is 3.22. The molecule has 11 heteroatoms. The van der Waals surface area contributed by atoms with Crippen LogP contribution >= 0.6 is 11.6 Å². The predicted molar refractivity (Wildman–Crippen MR) is 70.3 cm³/mol. The molecule has 1 heterocycles. The SMILES string of the molecule is Nc1[nH]ncc1S(=O)(=O)Nc1cc(C(F)(F)F)ccc1Cl. The lowest BCUT2D eigenvalue weighted by Gasteiger charge is -2.12. The van der Waals surface area contributed by atoms with Gasteiger partial charge in [-0.15, -0.1) is 0 Å². The summed E-state index contributed by atoms with van der Waals surface area (Å²) in [5.41, 5.74) is 3.92. The first-order chi connectivity index (χ1) is 9.61. The number of nitrogens with two attached hydrogens (primary N) is 1. The molecule has 0 unspecified atom stereocenters. The van der Waals surface area contributed by atoms with Crippen molar-refractivity contribution in [1.82, 2.24) is 10.2 Å². The number of halogens is 4. The molecule has 1 aromatic carbocycles. The highest BCUT2D eigenvalue weighted by atomic mass is 35.5. The molecule has 0 atom stereocenters. The molecule has 4 N–H and O–H groups in total. The number of hydrogen-bond acceptors (Lipinski definition) is 4. The van der Waals surface area contributed by atoms with Gasteiger partial charge in [0.05, 0.1) is 22.5 Å². The van der Waals surface area contributed by atoms with E-state index in [1.807, 2.05) is 4.72 Å². The van der Waals surface area contributed by atoms with Crippen molar-refractivity contribution in [2.45, 2.75) is 11.1 Å². The lowest BCUT2D eigenvalue weighted by molar-refractivity contribution is -0.137. The van der Waals surface area contributed by atoms with Gasteiger partial charge in [0, 0.05) is 0 Å². The van der Waals surface area contributed by atoms with E-state index in [1.165, 1.54) is 0 Å². The van der Waals surface area contributed by atoms with E-state index in [0.29, 0.717) is 6.07 Å². The number of anilines is 2. The normalized spacial score (nSPS) is 12.4. The molecule has 0 aliphatic rings. The van der Waals surface area contributed by atoms with Crippen LogP contribution in [0.5, 0.6) is 0 Å². The molecule has 21 heavy (non-hydrogen) atoms. The van der Waals surface area contributed by atoms with Crippen LogP contribution in [0.1, 0.15) is 5.56 Å². The Morgan fingerprint density at radius 2 is 2.00 bits per heavy atom. The van der Waals surface area contributed by atoms with Crippen LogP contribution in [-0.4, -0.2) is 18.6 Å². The van der Waals surface area contributed by atoms with E-state index in [2.05, 4.69) is 10.2 Å². The van der Waals surface area contributed by atoms with E-state index in [0.717, 1.165) is 18.3 Å². The van der Waals surface area contributed by atoms with E-state index in [9.17, 15) is 21.6 Å². The Labute approximate surface area is 122 Å². The third-order valence-electron chi connectivity index (χ3n) is 2.46. The van der Waals surface area contributed by atoms with E-state index in [-0.39, 0.29) is 10.8 Å². The molecule has 0 aliphatic heterocycles. The molecular formula is C10H8ClF3N4O2S. The smallest absolute Gasteiger partial charge is 0.383 e. The minimum absolute atomic E-state index is 0.186. The van der Waals surface area contributed by atoms with Crippen molar-refractivity contribution in [1.29, 1.82) is 0 Å². The Morgan fingerprint density at radius 1 is 1.33 bits per heavy atom. The highest BCUT2D eigenvalue weighted by molar-refractivity contribution is 7.92. The van der Waals surface area contributed by atoms with Gasteiger partial charge >= 0.3 is 6.18 Å². The Hall–Kier alpha value is -1.94. The Morgan fingerprint density at radius 3 is 2.52 bits per heavy atom. The van der Waals surface area contributed by atoms with Gasteiger partial charge in [-0.2, -0.15) is 18.3 Å². The molecule has 0 amide bonds. The highest BCUT2D eigenvalue weighted by Gasteiger charge is 2.31. The Balaban J connectivity index is 2.42. The largest absolute Gasteiger partial charge is 0.416 e.